The molecule has 0 aliphatic heterocycles. The fourth-order valence-corrected chi connectivity index (χ4v) is 3.79. The predicted octanol–water partition coefficient (Wildman–Crippen LogP) is 3.93. The summed E-state index contributed by atoms with van der Waals surface area (Å²) < 4.78 is 47.4. The molecule has 0 spiro atoms. The molecule has 1 aliphatic carbocycles. The van der Waals surface area contributed by atoms with Crippen LogP contribution >= 0.6 is 0 Å². The highest BCUT2D eigenvalue weighted by molar-refractivity contribution is 5.58. The van der Waals surface area contributed by atoms with Gasteiger partial charge in [0.2, 0.25) is 5.82 Å². The van der Waals surface area contributed by atoms with Crippen molar-refractivity contribution >= 4 is 0 Å². The number of aliphatic hydroxyl groups is 1. The summed E-state index contributed by atoms with van der Waals surface area (Å²) in [6.07, 6.45) is -2.93. The summed E-state index contributed by atoms with van der Waals surface area (Å²) in [6, 6.07) is 15.6. The lowest BCUT2D eigenvalue weighted by Gasteiger charge is -2.14. The molecule has 2 aromatic heterocycles. The van der Waals surface area contributed by atoms with Crippen LogP contribution in [0.2, 0.25) is 0 Å². The first kappa shape index (κ1) is 22.8. The smallest absolute Gasteiger partial charge is 0.406 e. The van der Waals surface area contributed by atoms with Crippen molar-refractivity contribution in [1.82, 2.24) is 19.9 Å². The van der Waals surface area contributed by atoms with E-state index in [0.29, 0.717) is 5.56 Å². The molecule has 1 saturated carbocycles. The maximum absolute atomic E-state index is 12.4. The fraction of sp³-hybridized carbons (Fsp3) is 0.250. The van der Waals surface area contributed by atoms with Crippen molar-refractivity contribution in [2.75, 3.05) is 6.61 Å². The zero-order valence-electron chi connectivity index (χ0n) is 18.2. The molecule has 180 valence electrons. The van der Waals surface area contributed by atoms with Crippen LogP contribution in [0.4, 0.5) is 13.2 Å². The number of hydrogen-bond donors (Lipinski definition) is 1. The molecule has 1 fully saturated rings. The molecule has 5 rings (SSSR count). The van der Waals surface area contributed by atoms with Gasteiger partial charge in [-0.2, -0.15) is 10.1 Å². The van der Waals surface area contributed by atoms with Gasteiger partial charge in [-0.15, -0.1) is 13.2 Å². The molecule has 0 atom stereocenters. The zero-order chi connectivity index (χ0) is 24.6. The quantitative estimate of drug-likeness (QED) is 0.424. The highest BCUT2D eigenvalue weighted by Crippen LogP contribution is 2.47. The van der Waals surface area contributed by atoms with E-state index in [-0.39, 0.29) is 47.3 Å². The molecule has 0 radical (unpaired) electrons. The summed E-state index contributed by atoms with van der Waals surface area (Å²) in [4.78, 5) is 16.7. The van der Waals surface area contributed by atoms with E-state index in [2.05, 4.69) is 20.0 Å². The third kappa shape index (κ3) is 4.94. The van der Waals surface area contributed by atoms with Crippen molar-refractivity contribution in [3.63, 3.8) is 0 Å². The van der Waals surface area contributed by atoms with E-state index in [1.165, 1.54) is 28.9 Å². The normalized spacial score (nSPS) is 14.6. The van der Waals surface area contributed by atoms with Gasteiger partial charge >= 0.3 is 6.36 Å². The second-order valence-electron chi connectivity index (χ2n) is 8.35. The maximum atomic E-state index is 12.4. The first-order valence-electron chi connectivity index (χ1n) is 10.7. The molecular formula is C24H19F3N4O4. The molecule has 0 unspecified atom stereocenters. The van der Waals surface area contributed by atoms with Gasteiger partial charge in [0.05, 0.1) is 13.2 Å². The van der Waals surface area contributed by atoms with Crippen LogP contribution in [0.15, 0.2) is 70.0 Å². The highest BCUT2D eigenvalue weighted by atomic mass is 19.4. The molecule has 11 heteroatoms. The number of aromatic nitrogens is 4. The molecule has 1 aliphatic rings. The second-order valence-corrected chi connectivity index (χ2v) is 8.35. The largest absolute Gasteiger partial charge is 0.573 e. The van der Waals surface area contributed by atoms with Crippen molar-refractivity contribution in [3.8, 4) is 28.7 Å². The summed E-state index contributed by atoms with van der Waals surface area (Å²) in [5.41, 5.74) is 2.08. The number of alkyl halides is 3. The molecule has 0 bridgehead atoms. The first-order chi connectivity index (χ1) is 16.7. The Morgan fingerprint density at radius 3 is 2.54 bits per heavy atom. The van der Waals surface area contributed by atoms with Crippen molar-refractivity contribution in [2.45, 2.75) is 31.2 Å². The summed E-state index contributed by atoms with van der Waals surface area (Å²) >= 11 is 0. The predicted molar refractivity (Wildman–Crippen MR) is 117 cm³/mol. The standard InChI is InChI=1S/C24H19F3N4O4/c25-24(26,27)34-18-6-4-16(5-7-18)21-28-22(35-30-21)19-8-9-20(33)31(29-19)13-15-2-1-3-17(12-15)23(14-32)10-11-23/h1-9,12,32H,10-11,13-14H2. The molecular weight excluding hydrogens is 465 g/mol. The Balaban J connectivity index is 1.36. The zero-order valence-corrected chi connectivity index (χ0v) is 18.2. The van der Waals surface area contributed by atoms with Gasteiger partial charge in [-0.1, -0.05) is 29.4 Å². The van der Waals surface area contributed by atoms with Crippen LogP contribution in [-0.4, -0.2) is 38.0 Å². The van der Waals surface area contributed by atoms with Gasteiger partial charge in [-0.05, 0) is 54.3 Å². The maximum Gasteiger partial charge on any atom is 0.573 e. The highest BCUT2D eigenvalue weighted by Gasteiger charge is 2.43. The van der Waals surface area contributed by atoms with Crippen LogP contribution in [0.5, 0.6) is 5.75 Å². The molecule has 2 aromatic carbocycles. The molecule has 0 amide bonds. The minimum Gasteiger partial charge on any atom is -0.406 e. The summed E-state index contributed by atoms with van der Waals surface area (Å²) in [5.74, 6) is -0.172. The van der Waals surface area contributed by atoms with E-state index < -0.39 is 6.36 Å². The Bertz CT molecular complexity index is 1410. The Kier molecular flexibility index (Phi) is 5.64. The van der Waals surface area contributed by atoms with Crippen LogP contribution in [0, 0.1) is 0 Å². The minimum absolute atomic E-state index is 0.0512. The van der Waals surface area contributed by atoms with Gasteiger partial charge in [-0.3, -0.25) is 4.79 Å². The van der Waals surface area contributed by atoms with Gasteiger partial charge in [0.1, 0.15) is 11.4 Å². The number of halogens is 3. The topological polar surface area (TPSA) is 103 Å². The lowest BCUT2D eigenvalue weighted by atomic mass is 9.95. The molecule has 2 heterocycles. The Hall–Kier alpha value is -3.99. The SMILES string of the molecule is O=c1ccc(-c2nc(-c3ccc(OC(F)(F)F)cc3)no2)nn1Cc1cccc(C2(CO)CC2)c1. The van der Waals surface area contributed by atoms with Crippen molar-refractivity contribution < 1.29 is 27.5 Å². The third-order valence-corrected chi connectivity index (χ3v) is 5.89. The average molecular weight is 484 g/mol. The van der Waals surface area contributed by atoms with E-state index >= 15 is 0 Å². The first-order valence-corrected chi connectivity index (χ1v) is 10.7. The van der Waals surface area contributed by atoms with Crippen LogP contribution in [-0.2, 0) is 12.0 Å². The fourth-order valence-electron chi connectivity index (χ4n) is 3.79. The summed E-state index contributed by atoms with van der Waals surface area (Å²) in [7, 11) is 0. The van der Waals surface area contributed by atoms with Crippen molar-refractivity contribution in [1.29, 1.82) is 0 Å². The number of nitrogens with zero attached hydrogens (tertiary/aromatic N) is 4. The third-order valence-electron chi connectivity index (χ3n) is 5.89. The second kappa shape index (κ2) is 8.66. The number of rotatable bonds is 7. The van der Waals surface area contributed by atoms with Gasteiger partial charge in [0, 0.05) is 17.0 Å². The Labute approximate surface area is 196 Å². The molecule has 4 aromatic rings. The van der Waals surface area contributed by atoms with Crippen LogP contribution in [0.1, 0.15) is 24.0 Å². The Morgan fingerprint density at radius 2 is 1.86 bits per heavy atom. The van der Waals surface area contributed by atoms with Gasteiger partial charge < -0.3 is 14.4 Å². The Morgan fingerprint density at radius 1 is 1.09 bits per heavy atom. The lowest BCUT2D eigenvalue weighted by Crippen LogP contribution is -2.23. The van der Waals surface area contributed by atoms with Crippen LogP contribution in [0.3, 0.4) is 0 Å². The molecule has 1 N–H and O–H groups in total. The van der Waals surface area contributed by atoms with Crippen LogP contribution in [0.25, 0.3) is 23.0 Å². The van der Waals surface area contributed by atoms with Gasteiger partial charge in [0.15, 0.2) is 0 Å². The van der Waals surface area contributed by atoms with E-state index in [1.807, 2.05) is 24.3 Å². The van der Waals surface area contributed by atoms with Crippen molar-refractivity contribution in [2.24, 2.45) is 0 Å². The van der Waals surface area contributed by atoms with Gasteiger partial charge in [-0.25, -0.2) is 4.68 Å². The summed E-state index contributed by atoms with van der Waals surface area (Å²) in [6.45, 7) is 0.297. The van der Waals surface area contributed by atoms with E-state index in [0.717, 1.165) is 36.1 Å². The molecule has 8 nitrogen and oxygen atoms in total. The monoisotopic (exact) mass is 484 g/mol. The van der Waals surface area contributed by atoms with E-state index in [9.17, 15) is 23.1 Å². The molecule has 0 saturated heterocycles. The van der Waals surface area contributed by atoms with Gasteiger partial charge in [0.25, 0.3) is 11.4 Å². The van der Waals surface area contributed by atoms with Crippen LogP contribution < -0.4 is 10.3 Å². The number of hydrogen-bond acceptors (Lipinski definition) is 7. The minimum atomic E-state index is -4.78. The average Bonchev–Trinajstić information content (AvgIpc) is 3.49. The van der Waals surface area contributed by atoms with E-state index in [4.69, 9.17) is 4.52 Å². The number of ether oxygens (including phenoxy) is 1. The van der Waals surface area contributed by atoms with E-state index in [1.54, 1.807) is 0 Å². The summed E-state index contributed by atoms with van der Waals surface area (Å²) in [5, 5.41) is 17.9. The molecule has 35 heavy (non-hydrogen) atoms. The number of aliphatic hydroxyl groups excluding tert-OH is 1. The number of benzene rings is 2. The van der Waals surface area contributed by atoms with Crippen molar-refractivity contribution in [3.05, 3.63) is 82.1 Å². The lowest BCUT2D eigenvalue weighted by molar-refractivity contribution is -0.274.